The molecule has 1 aromatic heterocycles. The van der Waals surface area contributed by atoms with E-state index >= 15 is 0 Å². The summed E-state index contributed by atoms with van der Waals surface area (Å²) in [6, 6.07) is 1.58. The Morgan fingerprint density at radius 1 is 1.53 bits per heavy atom. The number of halogens is 1. The number of anilines is 1. The Hall–Kier alpha value is -1.07. The van der Waals surface area contributed by atoms with Gasteiger partial charge in [-0.3, -0.25) is 4.79 Å². The van der Waals surface area contributed by atoms with Gasteiger partial charge in [-0.25, -0.2) is 4.68 Å². The van der Waals surface area contributed by atoms with E-state index in [-0.39, 0.29) is 5.56 Å². The van der Waals surface area contributed by atoms with Gasteiger partial charge < -0.3 is 9.64 Å². The van der Waals surface area contributed by atoms with Crippen LogP contribution in [0.5, 0.6) is 0 Å². The Balaban J connectivity index is 2.60. The van der Waals surface area contributed by atoms with Crippen molar-refractivity contribution in [2.75, 3.05) is 37.6 Å². The van der Waals surface area contributed by atoms with Gasteiger partial charge in [-0.1, -0.05) is 0 Å². The number of aromatic nitrogens is 2. The molecule has 0 radical (unpaired) electrons. The lowest BCUT2D eigenvalue weighted by Crippen LogP contribution is -2.27. The van der Waals surface area contributed by atoms with Crippen LogP contribution in [0.15, 0.2) is 17.1 Å². The summed E-state index contributed by atoms with van der Waals surface area (Å²) < 4.78 is 6.59. The maximum Gasteiger partial charge on any atom is 0.268 e. The summed E-state index contributed by atoms with van der Waals surface area (Å²) in [7, 11) is 1.92. The smallest absolute Gasteiger partial charge is 0.268 e. The number of hydrogen-bond donors (Lipinski definition) is 0. The lowest BCUT2D eigenvalue weighted by Gasteiger charge is -2.16. The first-order valence-electron chi connectivity index (χ1n) is 5.61. The molecule has 0 atom stereocenters. The molecular weight excluding hydrogens is 242 g/mol. The molecule has 0 bridgehead atoms. The van der Waals surface area contributed by atoms with E-state index in [1.54, 1.807) is 12.3 Å². The first kappa shape index (κ1) is 14.0. The highest BCUT2D eigenvalue weighted by atomic mass is 35.5. The van der Waals surface area contributed by atoms with Crippen LogP contribution in [0.3, 0.4) is 0 Å². The first-order chi connectivity index (χ1) is 8.19. The largest absolute Gasteiger partial charge is 0.378 e. The molecule has 0 saturated heterocycles. The Bertz CT molecular complexity index is 395. The number of rotatable bonds is 7. The van der Waals surface area contributed by atoms with Gasteiger partial charge >= 0.3 is 0 Å². The topological polar surface area (TPSA) is 47.4 Å². The molecule has 0 N–H and O–H groups in total. The molecule has 1 aromatic rings. The molecule has 96 valence electrons. The van der Waals surface area contributed by atoms with E-state index < -0.39 is 0 Å². The summed E-state index contributed by atoms with van der Waals surface area (Å²) >= 11 is 5.47. The molecule has 0 aliphatic carbocycles. The minimum Gasteiger partial charge on any atom is -0.378 e. The zero-order chi connectivity index (χ0) is 12.7. The van der Waals surface area contributed by atoms with Gasteiger partial charge in [0.1, 0.15) is 0 Å². The molecule has 0 spiro atoms. The van der Waals surface area contributed by atoms with Crippen molar-refractivity contribution < 1.29 is 4.74 Å². The van der Waals surface area contributed by atoms with Crippen molar-refractivity contribution in [2.24, 2.45) is 0 Å². The van der Waals surface area contributed by atoms with E-state index in [0.717, 1.165) is 12.2 Å². The molecule has 1 heterocycles. The lowest BCUT2D eigenvalue weighted by molar-refractivity contribution is 0.136. The minimum atomic E-state index is -0.114. The molecule has 0 aliphatic rings. The maximum absolute atomic E-state index is 11.7. The summed E-state index contributed by atoms with van der Waals surface area (Å²) in [6.07, 6.45) is 1.69. The van der Waals surface area contributed by atoms with Gasteiger partial charge in [0.2, 0.25) is 0 Å². The highest BCUT2D eigenvalue weighted by Gasteiger charge is 2.02. The molecule has 0 unspecified atom stereocenters. The minimum absolute atomic E-state index is 0.114. The number of ether oxygens (including phenoxy) is 1. The van der Waals surface area contributed by atoms with Crippen molar-refractivity contribution >= 4 is 17.3 Å². The average molecular weight is 260 g/mol. The van der Waals surface area contributed by atoms with E-state index in [1.165, 1.54) is 4.68 Å². The zero-order valence-corrected chi connectivity index (χ0v) is 11.0. The molecule has 17 heavy (non-hydrogen) atoms. The molecule has 0 saturated carbocycles. The van der Waals surface area contributed by atoms with Crippen molar-refractivity contribution in [1.29, 1.82) is 0 Å². The summed E-state index contributed by atoms with van der Waals surface area (Å²) in [6.45, 7) is 4.25. The summed E-state index contributed by atoms with van der Waals surface area (Å²) in [5, 5.41) is 4.09. The SMILES string of the molecule is CCN(C)c1cnn(CCOCCCl)c(=O)c1. The molecule has 1 rings (SSSR count). The third-order valence-electron chi connectivity index (χ3n) is 2.44. The van der Waals surface area contributed by atoms with Gasteiger partial charge in [0.05, 0.1) is 31.6 Å². The molecule has 0 fully saturated rings. The third kappa shape index (κ3) is 4.36. The van der Waals surface area contributed by atoms with Crippen molar-refractivity contribution in [3.8, 4) is 0 Å². The average Bonchev–Trinajstić information content (AvgIpc) is 2.35. The fourth-order valence-corrected chi connectivity index (χ4v) is 1.40. The fourth-order valence-electron chi connectivity index (χ4n) is 1.29. The Morgan fingerprint density at radius 2 is 2.29 bits per heavy atom. The summed E-state index contributed by atoms with van der Waals surface area (Å²) in [4.78, 5) is 13.7. The van der Waals surface area contributed by atoms with Crippen LogP contribution >= 0.6 is 11.6 Å². The van der Waals surface area contributed by atoms with Gasteiger partial charge in [0, 0.05) is 25.5 Å². The molecule has 0 aromatic carbocycles. The quantitative estimate of drug-likeness (QED) is 0.541. The number of nitrogens with zero attached hydrogens (tertiary/aromatic N) is 3. The second-order valence-electron chi connectivity index (χ2n) is 3.59. The van der Waals surface area contributed by atoms with Gasteiger partial charge in [0.15, 0.2) is 0 Å². The predicted octanol–water partition coefficient (Wildman–Crippen LogP) is 0.955. The molecule has 0 aliphatic heterocycles. The van der Waals surface area contributed by atoms with E-state index in [9.17, 15) is 4.79 Å². The first-order valence-corrected chi connectivity index (χ1v) is 6.14. The van der Waals surface area contributed by atoms with E-state index in [1.807, 2.05) is 18.9 Å². The van der Waals surface area contributed by atoms with Crippen molar-refractivity contribution in [2.45, 2.75) is 13.5 Å². The maximum atomic E-state index is 11.7. The second kappa shape index (κ2) is 7.29. The third-order valence-corrected chi connectivity index (χ3v) is 2.59. The Morgan fingerprint density at radius 3 is 2.88 bits per heavy atom. The van der Waals surface area contributed by atoms with E-state index in [4.69, 9.17) is 16.3 Å². The van der Waals surface area contributed by atoms with Crippen LogP contribution in [0.25, 0.3) is 0 Å². The van der Waals surface area contributed by atoms with Gasteiger partial charge in [-0.15, -0.1) is 11.6 Å². The predicted molar refractivity (Wildman–Crippen MR) is 69.0 cm³/mol. The van der Waals surface area contributed by atoms with Crippen molar-refractivity contribution in [1.82, 2.24) is 9.78 Å². The molecule has 5 nitrogen and oxygen atoms in total. The van der Waals surface area contributed by atoms with Crippen LogP contribution in [0.4, 0.5) is 5.69 Å². The monoisotopic (exact) mass is 259 g/mol. The van der Waals surface area contributed by atoms with Crippen molar-refractivity contribution in [3.63, 3.8) is 0 Å². The van der Waals surface area contributed by atoms with Gasteiger partial charge in [0.25, 0.3) is 5.56 Å². The second-order valence-corrected chi connectivity index (χ2v) is 3.97. The highest BCUT2D eigenvalue weighted by molar-refractivity contribution is 6.17. The van der Waals surface area contributed by atoms with Crippen LogP contribution in [-0.2, 0) is 11.3 Å². The highest BCUT2D eigenvalue weighted by Crippen LogP contribution is 2.05. The Labute approximate surface area is 106 Å². The van der Waals surface area contributed by atoms with Crippen LogP contribution < -0.4 is 10.5 Å². The summed E-state index contributed by atoms with van der Waals surface area (Å²) in [5.41, 5.74) is 0.715. The standard InChI is InChI=1S/C11H18ClN3O2/c1-3-14(2)10-8-11(16)15(13-9-10)5-7-17-6-4-12/h8-9H,3-7H2,1-2H3. The molecule has 6 heteroatoms. The van der Waals surface area contributed by atoms with Gasteiger partial charge in [-0.05, 0) is 6.92 Å². The Kier molecular flexibility index (Phi) is 6.00. The van der Waals surface area contributed by atoms with Crippen LogP contribution in [-0.4, -0.2) is 42.5 Å². The number of alkyl halides is 1. The normalized spacial score (nSPS) is 10.5. The summed E-state index contributed by atoms with van der Waals surface area (Å²) in [5.74, 6) is 0.461. The fraction of sp³-hybridized carbons (Fsp3) is 0.636. The number of hydrogen-bond acceptors (Lipinski definition) is 4. The van der Waals surface area contributed by atoms with Crippen molar-refractivity contribution in [3.05, 3.63) is 22.6 Å². The van der Waals surface area contributed by atoms with Gasteiger partial charge in [-0.2, -0.15) is 5.10 Å². The van der Waals surface area contributed by atoms with Crippen LogP contribution in [0, 0.1) is 0 Å². The lowest BCUT2D eigenvalue weighted by atomic mass is 10.4. The van der Waals surface area contributed by atoms with Crippen LogP contribution in [0.2, 0.25) is 0 Å². The van der Waals surface area contributed by atoms with E-state index in [2.05, 4.69) is 5.10 Å². The van der Waals surface area contributed by atoms with E-state index in [0.29, 0.717) is 25.6 Å². The molecular formula is C11H18ClN3O2. The molecule has 0 amide bonds. The zero-order valence-electron chi connectivity index (χ0n) is 10.2. The van der Waals surface area contributed by atoms with Crippen LogP contribution in [0.1, 0.15) is 6.92 Å².